The Balaban J connectivity index is 2.38. The topological polar surface area (TPSA) is 121 Å². The van der Waals surface area contributed by atoms with E-state index >= 15 is 0 Å². The van der Waals surface area contributed by atoms with E-state index in [9.17, 15) is 18.3 Å². The van der Waals surface area contributed by atoms with Crippen LogP contribution in [0.5, 0.6) is 0 Å². The number of hydrogen-bond donors (Lipinski definition) is 3. The highest BCUT2D eigenvalue weighted by Gasteiger charge is 2.39. The van der Waals surface area contributed by atoms with Crippen LogP contribution in [-0.4, -0.2) is 47.6 Å². The summed E-state index contributed by atoms with van der Waals surface area (Å²) in [6.07, 6.45) is 0.347. The van der Waals surface area contributed by atoms with Gasteiger partial charge in [0.25, 0.3) is 0 Å². The number of hydrogen-bond acceptors (Lipinski definition) is 5. The first kappa shape index (κ1) is 14.8. The molecule has 8 heteroatoms. The Morgan fingerprint density at radius 3 is 2.55 bits per heavy atom. The van der Waals surface area contributed by atoms with Crippen LogP contribution in [0.2, 0.25) is 0 Å². The smallest absolute Gasteiger partial charge is 0.335 e. The molecule has 7 nitrogen and oxygen atoms in total. The van der Waals surface area contributed by atoms with E-state index in [0.717, 1.165) is 10.4 Å². The lowest BCUT2D eigenvalue weighted by Crippen LogP contribution is -2.34. The van der Waals surface area contributed by atoms with Crippen molar-refractivity contribution >= 4 is 21.7 Å². The van der Waals surface area contributed by atoms with Crippen LogP contribution in [0.3, 0.4) is 0 Å². The molecule has 1 aliphatic heterocycles. The van der Waals surface area contributed by atoms with Crippen molar-refractivity contribution in [3.63, 3.8) is 0 Å². The van der Waals surface area contributed by atoms with Gasteiger partial charge in [-0.15, -0.1) is 0 Å². The number of carboxylic acids is 1. The largest absolute Gasteiger partial charge is 0.478 e. The van der Waals surface area contributed by atoms with Crippen LogP contribution in [0.1, 0.15) is 23.7 Å². The van der Waals surface area contributed by atoms with Crippen molar-refractivity contribution in [2.45, 2.75) is 23.8 Å². The molecule has 0 aliphatic carbocycles. The first-order valence-corrected chi connectivity index (χ1v) is 7.43. The van der Waals surface area contributed by atoms with Gasteiger partial charge in [0.2, 0.25) is 10.0 Å². The number of carboxylic acid groups (broad SMARTS) is 1. The normalized spacial score (nSPS) is 23.9. The Labute approximate surface area is 116 Å². The predicted molar refractivity (Wildman–Crippen MR) is 71.8 cm³/mol. The Hall–Kier alpha value is -1.64. The molecule has 110 valence electrons. The number of aromatic carboxylic acids is 1. The SMILES string of the molecule is CC1(O)CCN(S(=O)(=O)c2ccc(C(=O)O)cc2N)C1. The summed E-state index contributed by atoms with van der Waals surface area (Å²) in [5, 5.41) is 18.7. The van der Waals surface area contributed by atoms with Gasteiger partial charge in [-0.3, -0.25) is 0 Å². The van der Waals surface area contributed by atoms with Crippen molar-refractivity contribution in [3.8, 4) is 0 Å². The van der Waals surface area contributed by atoms with Crippen LogP contribution >= 0.6 is 0 Å². The second-order valence-electron chi connectivity index (χ2n) is 5.14. The number of nitrogens with two attached hydrogens (primary N) is 1. The number of sulfonamides is 1. The van der Waals surface area contributed by atoms with E-state index < -0.39 is 21.6 Å². The molecule has 0 saturated carbocycles. The lowest BCUT2D eigenvalue weighted by molar-refractivity contribution is 0.0696. The van der Waals surface area contributed by atoms with E-state index in [2.05, 4.69) is 0 Å². The zero-order chi connectivity index (χ0) is 15.1. The summed E-state index contributed by atoms with van der Waals surface area (Å²) >= 11 is 0. The van der Waals surface area contributed by atoms with Crippen molar-refractivity contribution < 1.29 is 23.4 Å². The summed E-state index contributed by atoms with van der Waals surface area (Å²) in [5.74, 6) is -1.18. The van der Waals surface area contributed by atoms with Crippen LogP contribution in [0.15, 0.2) is 23.1 Å². The summed E-state index contributed by atoms with van der Waals surface area (Å²) in [6, 6.07) is 3.49. The monoisotopic (exact) mass is 300 g/mol. The zero-order valence-electron chi connectivity index (χ0n) is 10.9. The molecule has 0 aromatic heterocycles. The average Bonchev–Trinajstić information content (AvgIpc) is 2.69. The van der Waals surface area contributed by atoms with Crippen molar-refractivity contribution in [1.82, 2.24) is 4.31 Å². The van der Waals surface area contributed by atoms with E-state index in [1.807, 2.05) is 0 Å². The molecular weight excluding hydrogens is 284 g/mol. The van der Waals surface area contributed by atoms with Gasteiger partial charge in [0, 0.05) is 13.1 Å². The zero-order valence-corrected chi connectivity index (χ0v) is 11.7. The van der Waals surface area contributed by atoms with Crippen LogP contribution < -0.4 is 5.73 Å². The molecule has 0 radical (unpaired) electrons. The third-order valence-electron chi connectivity index (χ3n) is 3.29. The molecule has 20 heavy (non-hydrogen) atoms. The maximum Gasteiger partial charge on any atom is 0.335 e. The molecule has 1 aromatic rings. The van der Waals surface area contributed by atoms with Crippen molar-refractivity contribution in [1.29, 1.82) is 0 Å². The molecule has 1 unspecified atom stereocenters. The number of anilines is 1. The third kappa shape index (κ3) is 2.62. The highest BCUT2D eigenvalue weighted by Crippen LogP contribution is 2.29. The summed E-state index contributed by atoms with van der Waals surface area (Å²) in [7, 11) is -3.83. The Morgan fingerprint density at radius 1 is 1.45 bits per heavy atom. The lowest BCUT2D eigenvalue weighted by Gasteiger charge is -2.19. The quantitative estimate of drug-likeness (QED) is 0.681. The number of nitrogen functional groups attached to an aromatic ring is 1. The Bertz CT molecular complexity index is 654. The molecule has 2 rings (SSSR count). The molecular formula is C12H16N2O5S. The summed E-state index contributed by atoms with van der Waals surface area (Å²) in [6.45, 7) is 1.77. The van der Waals surface area contributed by atoms with Crippen LogP contribution in [0.4, 0.5) is 5.69 Å². The second-order valence-corrected chi connectivity index (χ2v) is 7.05. The maximum absolute atomic E-state index is 12.4. The molecule has 1 heterocycles. The van der Waals surface area contributed by atoms with Crippen LogP contribution in [-0.2, 0) is 10.0 Å². The first-order chi connectivity index (χ1) is 9.13. The van der Waals surface area contributed by atoms with Crippen LogP contribution in [0.25, 0.3) is 0 Å². The number of benzene rings is 1. The van der Waals surface area contributed by atoms with Gasteiger partial charge in [-0.1, -0.05) is 0 Å². The third-order valence-corrected chi connectivity index (χ3v) is 5.21. The van der Waals surface area contributed by atoms with Gasteiger partial charge in [0.15, 0.2) is 0 Å². The average molecular weight is 300 g/mol. The van der Waals surface area contributed by atoms with E-state index in [-0.39, 0.29) is 29.2 Å². The molecule has 0 spiro atoms. The standard InChI is InChI=1S/C12H16N2O5S/c1-12(17)4-5-14(7-12)20(18,19)10-3-2-8(11(15)16)6-9(10)13/h2-3,6,17H,4-5,7,13H2,1H3,(H,15,16). The highest BCUT2D eigenvalue weighted by molar-refractivity contribution is 7.89. The fraction of sp³-hybridized carbons (Fsp3) is 0.417. The number of nitrogens with zero attached hydrogens (tertiary/aromatic N) is 1. The summed E-state index contributed by atoms with van der Waals surface area (Å²) in [4.78, 5) is 10.7. The van der Waals surface area contributed by atoms with E-state index in [1.54, 1.807) is 6.92 Å². The summed E-state index contributed by atoms with van der Waals surface area (Å²) in [5.41, 5.74) is 4.41. The Kier molecular flexibility index (Phi) is 3.49. The molecule has 1 fully saturated rings. The molecule has 1 saturated heterocycles. The van der Waals surface area contributed by atoms with Crippen LogP contribution in [0, 0.1) is 0 Å². The molecule has 1 aromatic carbocycles. The van der Waals surface area contributed by atoms with Gasteiger partial charge >= 0.3 is 5.97 Å². The van der Waals surface area contributed by atoms with Crippen molar-refractivity contribution in [2.75, 3.05) is 18.8 Å². The minimum Gasteiger partial charge on any atom is -0.478 e. The van der Waals surface area contributed by atoms with Gasteiger partial charge in [0.1, 0.15) is 4.90 Å². The van der Waals surface area contributed by atoms with Crippen molar-refractivity contribution in [2.24, 2.45) is 0 Å². The van der Waals surface area contributed by atoms with E-state index in [1.165, 1.54) is 12.1 Å². The van der Waals surface area contributed by atoms with Crippen molar-refractivity contribution in [3.05, 3.63) is 23.8 Å². The number of aliphatic hydroxyl groups is 1. The minimum absolute atomic E-state index is 0.00451. The maximum atomic E-state index is 12.4. The first-order valence-electron chi connectivity index (χ1n) is 5.99. The Morgan fingerprint density at radius 2 is 2.10 bits per heavy atom. The molecule has 0 amide bonds. The van der Waals surface area contributed by atoms with Gasteiger partial charge in [-0.2, -0.15) is 4.31 Å². The highest BCUT2D eigenvalue weighted by atomic mass is 32.2. The number of carbonyl (C=O) groups is 1. The number of β-amino-alcohol motifs (C(OH)–C–C–N with tert-alkyl or cyclic N) is 1. The minimum atomic E-state index is -3.83. The summed E-state index contributed by atoms with van der Waals surface area (Å²) < 4.78 is 26.0. The fourth-order valence-corrected chi connectivity index (χ4v) is 3.82. The predicted octanol–water partition coefficient (Wildman–Crippen LogP) is 0.112. The van der Waals surface area contributed by atoms with Gasteiger partial charge in [-0.25, -0.2) is 13.2 Å². The lowest BCUT2D eigenvalue weighted by atomic mass is 10.1. The van der Waals surface area contributed by atoms with Gasteiger partial charge in [0.05, 0.1) is 16.9 Å². The molecule has 1 atom stereocenters. The van der Waals surface area contributed by atoms with E-state index in [4.69, 9.17) is 10.8 Å². The van der Waals surface area contributed by atoms with E-state index in [0.29, 0.717) is 6.42 Å². The second kappa shape index (κ2) is 4.72. The fourth-order valence-electron chi connectivity index (χ4n) is 2.16. The van der Waals surface area contributed by atoms with Gasteiger partial charge < -0.3 is 15.9 Å². The molecule has 1 aliphatic rings. The molecule has 0 bridgehead atoms. The molecule has 4 N–H and O–H groups in total. The van der Waals surface area contributed by atoms with Gasteiger partial charge in [-0.05, 0) is 31.5 Å². The number of rotatable bonds is 3.